The van der Waals surface area contributed by atoms with Crippen LogP contribution >= 0.6 is 11.6 Å². The molecule has 180 valence electrons. The Kier molecular flexibility index (Phi) is 5.33. The van der Waals surface area contributed by atoms with E-state index in [2.05, 4.69) is 15.3 Å². The average molecular weight is 513 g/mol. The third-order valence-corrected chi connectivity index (χ3v) is 7.35. The lowest BCUT2D eigenvalue weighted by atomic mass is 10.2. The second-order valence-electron chi connectivity index (χ2n) is 8.32. The van der Waals surface area contributed by atoms with E-state index in [0.29, 0.717) is 22.4 Å². The van der Waals surface area contributed by atoms with Gasteiger partial charge in [-0.25, -0.2) is 13.2 Å². The van der Waals surface area contributed by atoms with Gasteiger partial charge < -0.3 is 14.9 Å². The summed E-state index contributed by atoms with van der Waals surface area (Å²) in [5.74, 6) is 0.328. The van der Waals surface area contributed by atoms with Gasteiger partial charge in [0.05, 0.1) is 11.4 Å². The van der Waals surface area contributed by atoms with Gasteiger partial charge in [-0.1, -0.05) is 17.7 Å². The maximum atomic E-state index is 13.4. The normalized spacial score (nSPS) is 12.0. The van der Waals surface area contributed by atoms with Gasteiger partial charge in [-0.05, 0) is 42.5 Å². The first-order valence-electron chi connectivity index (χ1n) is 10.5. The van der Waals surface area contributed by atoms with Gasteiger partial charge in [-0.3, -0.25) is 13.9 Å². The minimum atomic E-state index is -3.32. The molecule has 2 N–H and O–H groups in total. The molecule has 10 nitrogen and oxygen atoms in total. The topological polar surface area (TPSA) is 124 Å². The van der Waals surface area contributed by atoms with Gasteiger partial charge in [0.1, 0.15) is 0 Å². The van der Waals surface area contributed by atoms with Gasteiger partial charge in [0.2, 0.25) is 5.95 Å². The van der Waals surface area contributed by atoms with Gasteiger partial charge >= 0.3 is 5.69 Å². The van der Waals surface area contributed by atoms with E-state index >= 15 is 0 Å². The SMILES string of the molecule is Cn1c(Nc2ccc(S(C)(=O)=O)cc2)nc2c1c(=O)n(Cc1cc3c(Cl)cccc3[nH]1)c(=O)n2C. The molecular weight excluding hydrogens is 492 g/mol. The summed E-state index contributed by atoms with van der Waals surface area (Å²) in [4.78, 5) is 34.3. The molecule has 0 aliphatic heterocycles. The number of nitrogens with one attached hydrogen (secondary N) is 2. The molecule has 3 aromatic heterocycles. The summed E-state index contributed by atoms with van der Waals surface area (Å²) in [5.41, 5.74) is 1.55. The zero-order valence-corrected chi connectivity index (χ0v) is 20.6. The molecule has 12 heteroatoms. The lowest BCUT2D eigenvalue weighted by molar-refractivity contribution is 0.602. The van der Waals surface area contributed by atoms with E-state index in [-0.39, 0.29) is 22.6 Å². The van der Waals surface area contributed by atoms with Crippen molar-refractivity contribution < 1.29 is 8.42 Å². The van der Waals surface area contributed by atoms with Gasteiger partial charge in [-0.15, -0.1) is 0 Å². The Balaban J connectivity index is 1.57. The lowest BCUT2D eigenvalue weighted by Gasteiger charge is -2.08. The Hall–Kier alpha value is -3.83. The number of nitrogens with zero attached hydrogens (tertiary/aromatic N) is 4. The maximum Gasteiger partial charge on any atom is 0.332 e. The first-order chi connectivity index (χ1) is 16.5. The third kappa shape index (κ3) is 3.92. The van der Waals surface area contributed by atoms with Gasteiger partial charge in [0, 0.05) is 47.7 Å². The van der Waals surface area contributed by atoms with Gasteiger partial charge in [0.15, 0.2) is 21.0 Å². The zero-order chi connectivity index (χ0) is 25.1. The van der Waals surface area contributed by atoms with Crippen LogP contribution in [0.4, 0.5) is 11.6 Å². The van der Waals surface area contributed by atoms with Crippen LogP contribution in [0.15, 0.2) is 63.0 Å². The number of rotatable bonds is 5. The van der Waals surface area contributed by atoms with Crippen LogP contribution in [0.1, 0.15) is 5.69 Å². The third-order valence-electron chi connectivity index (χ3n) is 5.89. The summed E-state index contributed by atoms with van der Waals surface area (Å²) in [6.45, 7) is 0.0351. The molecule has 0 amide bonds. The average Bonchev–Trinajstić information content (AvgIpc) is 3.37. The quantitative estimate of drug-likeness (QED) is 0.373. The first kappa shape index (κ1) is 22.9. The van der Waals surface area contributed by atoms with Crippen LogP contribution in [0.25, 0.3) is 22.1 Å². The van der Waals surface area contributed by atoms with Crippen molar-refractivity contribution >= 4 is 55.1 Å². The summed E-state index contributed by atoms with van der Waals surface area (Å²) in [6.07, 6.45) is 1.14. The zero-order valence-electron chi connectivity index (χ0n) is 19.0. The van der Waals surface area contributed by atoms with E-state index in [0.717, 1.165) is 21.7 Å². The highest BCUT2D eigenvalue weighted by Crippen LogP contribution is 2.24. The van der Waals surface area contributed by atoms with Gasteiger partial charge in [0.25, 0.3) is 5.56 Å². The van der Waals surface area contributed by atoms with E-state index in [9.17, 15) is 18.0 Å². The highest BCUT2D eigenvalue weighted by atomic mass is 35.5. The van der Waals surface area contributed by atoms with Crippen LogP contribution in [0, 0.1) is 0 Å². The number of anilines is 2. The molecule has 5 rings (SSSR count). The van der Waals surface area contributed by atoms with Crippen molar-refractivity contribution in [2.75, 3.05) is 11.6 Å². The van der Waals surface area contributed by atoms with Crippen LogP contribution < -0.4 is 16.6 Å². The number of sulfone groups is 1. The van der Waals surface area contributed by atoms with Crippen molar-refractivity contribution in [1.82, 2.24) is 23.7 Å². The summed E-state index contributed by atoms with van der Waals surface area (Å²) in [5, 5.41) is 4.47. The monoisotopic (exact) mass is 512 g/mol. The molecule has 0 aliphatic rings. The standard InChI is InChI=1S/C23H21ClN6O4S/c1-28-19-20(27-22(28)26-13-7-9-15(10-8-13)35(3,33)34)29(2)23(32)30(21(19)31)12-14-11-16-17(24)5-4-6-18(16)25-14/h4-11,25H,12H2,1-3H3,(H,26,27). The van der Waals surface area contributed by atoms with E-state index in [1.807, 2.05) is 18.2 Å². The van der Waals surface area contributed by atoms with Crippen molar-refractivity contribution in [3.05, 3.63) is 80.1 Å². The largest absolute Gasteiger partial charge is 0.357 e. The smallest absolute Gasteiger partial charge is 0.332 e. The minimum absolute atomic E-state index is 0.0351. The molecule has 0 atom stereocenters. The Morgan fingerprint density at radius 3 is 2.43 bits per heavy atom. The van der Waals surface area contributed by atoms with Crippen molar-refractivity contribution in [2.45, 2.75) is 11.4 Å². The number of hydrogen-bond donors (Lipinski definition) is 2. The number of benzene rings is 2. The molecular formula is C23H21ClN6O4S. The molecule has 35 heavy (non-hydrogen) atoms. The second kappa shape index (κ2) is 8.14. The van der Waals surface area contributed by atoms with Crippen LogP contribution in [0.5, 0.6) is 0 Å². The number of imidazole rings is 1. The second-order valence-corrected chi connectivity index (χ2v) is 10.7. The fourth-order valence-corrected chi connectivity index (χ4v) is 4.90. The minimum Gasteiger partial charge on any atom is -0.357 e. The highest BCUT2D eigenvalue weighted by molar-refractivity contribution is 7.90. The van der Waals surface area contributed by atoms with Crippen molar-refractivity contribution in [2.24, 2.45) is 14.1 Å². The molecule has 0 spiro atoms. The Morgan fingerprint density at radius 1 is 1.06 bits per heavy atom. The summed E-state index contributed by atoms with van der Waals surface area (Å²) in [7, 11) is -0.0955. The summed E-state index contributed by atoms with van der Waals surface area (Å²) < 4.78 is 27.4. The van der Waals surface area contributed by atoms with Crippen molar-refractivity contribution in [3.8, 4) is 0 Å². The number of hydrogen-bond acceptors (Lipinski definition) is 6. The predicted molar refractivity (Wildman–Crippen MR) is 135 cm³/mol. The van der Waals surface area contributed by atoms with E-state index in [1.54, 1.807) is 36.9 Å². The lowest BCUT2D eigenvalue weighted by Crippen LogP contribution is -2.39. The molecule has 3 heterocycles. The number of halogens is 1. The summed E-state index contributed by atoms with van der Waals surface area (Å²) in [6, 6.07) is 13.5. The van der Waals surface area contributed by atoms with Crippen LogP contribution in [-0.4, -0.2) is 38.3 Å². The highest BCUT2D eigenvalue weighted by Gasteiger charge is 2.19. The number of fused-ring (bicyclic) bond motifs is 2. The molecule has 0 unspecified atom stereocenters. The summed E-state index contributed by atoms with van der Waals surface area (Å²) >= 11 is 6.26. The molecule has 5 aromatic rings. The maximum absolute atomic E-state index is 13.4. The molecule has 0 saturated heterocycles. The Morgan fingerprint density at radius 2 is 1.77 bits per heavy atom. The number of aryl methyl sites for hydroxylation is 2. The van der Waals surface area contributed by atoms with Gasteiger partial charge in [-0.2, -0.15) is 4.98 Å². The first-order valence-corrected chi connectivity index (χ1v) is 12.8. The number of aromatic nitrogens is 5. The fourth-order valence-electron chi connectivity index (χ4n) is 4.04. The fraction of sp³-hybridized carbons (Fsp3) is 0.174. The molecule has 0 aliphatic carbocycles. The van der Waals surface area contributed by atoms with E-state index in [1.165, 1.54) is 16.7 Å². The molecule has 2 aromatic carbocycles. The van der Waals surface area contributed by atoms with Crippen LogP contribution in [0.3, 0.4) is 0 Å². The van der Waals surface area contributed by atoms with Crippen LogP contribution in [0.2, 0.25) is 5.02 Å². The molecule has 0 bridgehead atoms. The molecule has 0 saturated carbocycles. The van der Waals surface area contributed by atoms with E-state index < -0.39 is 21.1 Å². The van der Waals surface area contributed by atoms with Crippen LogP contribution in [-0.2, 0) is 30.5 Å². The Bertz CT molecular complexity index is 1850. The van der Waals surface area contributed by atoms with Crippen molar-refractivity contribution in [3.63, 3.8) is 0 Å². The predicted octanol–water partition coefficient (Wildman–Crippen LogP) is 2.76. The Labute approximate surface area is 204 Å². The molecule has 0 fully saturated rings. The number of aromatic amines is 1. The van der Waals surface area contributed by atoms with E-state index in [4.69, 9.17) is 11.6 Å². The molecule has 0 radical (unpaired) electrons. The van der Waals surface area contributed by atoms with Crippen molar-refractivity contribution in [1.29, 1.82) is 0 Å². The number of H-pyrrole nitrogens is 1.